The molecule has 4 aliphatic carbocycles. The molecule has 0 heterocycles. The van der Waals surface area contributed by atoms with Gasteiger partial charge in [0, 0.05) is 5.41 Å². The van der Waals surface area contributed by atoms with Crippen molar-refractivity contribution in [1.29, 1.82) is 0 Å². The maximum atomic E-state index is 13.0. The van der Waals surface area contributed by atoms with E-state index in [1.54, 1.807) is 0 Å². The smallest absolute Gasteiger partial charge is 0.326 e. The largest absolute Gasteiger partial charge is 0.480 e. The summed E-state index contributed by atoms with van der Waals surface area (Å²) >= 11 is 0. The predicted octanol–water partition coefficient (Wildman–Crippen LogP) is 3.41. The average molecular weight is 341 g/mol. The number of benzene rings is 1. The topological polar surface area (TPSA) is 66.4 Å². The van der Waals surface area contributed by atoms with Crippen molar-refractivity contribution in [2.24, 2.45) is 23.2 Å². The molecule has 1 aromatic carbocycles. The van der Waals surface area contributed by atoms with Gasteiger partial charge in [-0.3, -0.25) is 4.79 Å². The SMILES string of the molecule is O=C(O)[C@@H](CCc1ccccc1)NC(=O)C12CC3CC(CC(C3)C1)C2. The molecule has 0 radical (unpaired) electrons. The molecule has 0 aliphatic heterocycles. The zero-order valence-corrected chi connectivity index (χ0v) is 14.6. The van der Waals surface area contributed by atoms with E-state index in [0.29, 0.717) is 30.6 Å². The van der Waals surface area contributed by atoms with Crippen molar-refractivity contribution in [3.05, 3.63) is 35.9 Å². The molecule has 1 atom stereocenters. The fourth-order valence-corrected chi connectivity index (χ4v) is 5.91. The van der Waals surface area contributed by atoms with Crippen LogP contribution in [0.3, 0.4) is 0 Å². The van der Waals surface area contributed by atoms with Crippen LogP contribution in [0.5, 0.6) is 0 Å². The van der Waals surface area contributed by atoms with E-state index in [4.69, 9.17) is 0 Å². The number of hydrogen-bond acceptors (Lipinski definition) is 2. The van der Waals surface area contributed by atoms with E-state index in [1.807, 2.05) is 30.3 Å². The predicted molar refractivity (Wildman–Crippen MR) is 94.9 cm³/mol. The van der Waals surface area contributed by atoms with E-state index in [9.17, 15) is 14.7 Å². The van der Waals surface area contributed by atoms with Gasteiger partial charge in [0.15, 0.2) is 0 Å². The van der Waals surface area contributed by atoms with E-state index in [0.717, 1.165) is 24.8 Å². The van der Waals surface area contributed by atoms with Crippen molar-refractivity contribution in [2.75, 3.05) is 0 Å². The minimum absolute atomic E-state index is 0.00654. The minimum Gasteiger partial charge on any atom is -0.480 e. The number of carboxylic acids is 1. The Balaban J connectivity index is 1.42. The number of carbonyl (C=O) groups is 2. The molecule has 0 aromatic heterocycles. The first-order valence-electron chi connectivity index (χ1n) is 9.62. The lowest BCUT2D eigenvalue weighted by atomic mass is 9.49. The number of carboxylic acid groups (broad SMARTS) is 1. The summed E-state index contributed by atoms with van der Waals surface area (Å²) in [6.07, 6.45) is 7.85. The summed E-state index contributed by atoms with van der Waals surface area (Å²) in [6, 6.07) is 9.07. The third kappa shape index (κ3) is 3.31. The molecule has 2 N–H and O–H groups in total. The lowest BCUT2D eigenvalue weighted by Crippen LogP contribution is -2.56. The summed E-state index contributed by atoms with van der Waals surface area (Å²) < 4.78 is 0. The molecule has 4 saturated carbocycles. The quantitative estimate of drug-likeness (QED) is 0.833. The highest BCUT2D eigenvalue weighted by Gasteiger charge is 2.54. The Hall–Kier alpha value is -1.84. The number of amides is 1. The van der Waals surface area contributed by atoms with E-state index < -0.39 is 12.0 Å². The summed E-state index contributed by atoms with van der Waals surface area (Å²) in [5, 5.41) is 12.5. The van der Waals surface area contributed by atoms with Crippen molar-refractivity contribution in [1.82, 2.24) is 5.32 Å². The molecule has 4 nitrogen and oxygen atoms in total. The molecule has 0 unspecified atom stereocenters. The van der Waals surface area contributed by atoms with E-state index >= 15 is 0 Å². The van der Waals surface area contributed by atoms with Crippen molar-refractivity contribution in [3.8, 4) is 0 Å². The summed E-state index contributed by atoms with van der Waals surface area (Å²) in [4.78, 5) is 24.7. The van der Waals surface area contributed by atoms with Gasteiger partial charge >= 0.3 is 5.97 Å². The number of hydrogen-bond donors (Lipinski definition) is 2. The molecule has 4 heteroatoms. The van der Waals surface area contributed by atoms with Gasteiger partial charge in [-0.1, -0.05) is 30.3 Å². The van der Waals surface area contributed by atoms with Crippen LogP contribution in [0, 0.1) is 23.2 Å². The number of carbonyl (C=O) groups excluding carboxylic acids is 1. The Morgan fingerprint density at radius 3 is 2.12 bits per heavy atom. The molecule has 4 bridgehead atoms. The van der Waals surface area contributed by atoms with Gasteiger partial charge in [0.05, 0.1) is 0 Å². The Morgan fingerprint density at radius 1 is 1.04 bits per heavy atom. The first-order chi connectivity index (χ1) is 12.0. The van der Waals surface area contributed by atoms with Crippen LogP contribution in [-0.2, 0) is 16.0 Å². The third-order valence-electron chi connectivity index (χ3n) is 6.69. The minimum atomic E-state index is -0.922. The van der Waals surface area contributed by atoms with Crippen LogP contribution in [-0.4, -0.2) is 23.0 Å². The van der Waals surface area contributed by atoms with Crippen LogP contribution in [0.15, 0.2) is 30.3 Å². The Labute approximate surface area is 149 Å². The second kappa shape index (κ2) is 6.47. The molecule has 5 rings (SSSR count). The lowest BCUT2D eigenvalue weighted by molar-refractivity contribution is -0.151. The van der Waals surface area contributed by atoms with Crippen LogP contribution < -0.4 is 5.32 Å². The van der Waals surface area contributed by atoms with Gasteiger partial charge in [-0.25, -0.2) is 4.79 Å². The normalized spacial score (nSPS) is 33.8. The number of aliphatic carboxylic acids is 1. The maximum Gasteiger partial charge on any atom is 0.326 e. The summed E-state index contributed by atoms with van der Waals surface area (Å²) in [5.41, 5.74) is 0.827. The summed E-state index contributed by atoms with van der Waals surface area (Å²) in [7, 11) is 0. The number of nitrogens with one attached hydrogen (secondary N) is 1. The second-order valence-corrected chi connectivity index (χ2v) is 8.59. The maximum absolute atomic E-state index is 13.0. The van der Waals surface area contributed by atoms with Gasteiger partial charge < -0.3 is 10.4 Å². The molecule has 0 saturated heterocycles. The molecule has 0 spiro atoms. The van der Waals surface area contributed by atoms with Gasteiger partial charge in [0.2, 0.25) is 5.91 Å². The van der Waals surface area contributed by atoms with Crippen LogP contribution >= 0.6 is 0 Å². The molecule has 4 fully saturated rings. The summed E-state index contributed by atoms with van der Waals surface area (Å²) in [6.45, 7) is 0. The highest BCUT2D eigenvalue weighted by atomic mass is 16.4. The Bertz CT molecular complexity index is 619. The number of aryl methyl sites for hydroxylation is 1. The van der Waals surface area contributed by atoms with Crippen molar-refractivity contribution in [2.45, 2.75) is 57.4 Å². The van der Waals surface area contributed by atoms with Gasteiger partial charge in [0.25, 0.3) is 0 Å². The Morgan fingerprint density at radius 2 is 1.60 bits per heavy atom. The monoisotopic (exact) mass is 341 g/mol. The molecule has 1 aromatic rings. The lowest BCUT2D eigenvalue weighted by Gasteiger charge is -2.55. The third-order valence-corrected chi connectivity index (χ3v) is 6.69. The molecule has 1 amide bonds. The fraction of sp³-hybridized carbons (Fsp3) is 0.619. The fourth-order valence-electron chi connectivity index (χ4n) is 5.91. The van der Waals surface area contributed by atoms with E-state index in [2.05, 4.69) is 5.32 Å². The standard InChI is InChI=1S/C21H27NO3/c23-19(24)18(7-6-14-4-2-1-3-5-14)22-20(25)21-11-15-8-16(12-21)10-17(9-15)13-21/h1-5,15-18H,6-13H2,(H,22,25)(H,23,24)/t15?,16?,17?,18-,21?/m1/s1. The van der Waals surface area contributed by atoms with Crippen LogP contribution in [0.25, 0.3) is 0 Å². The Kier molecular flexibility index (Phi) is 4.30. The van der Waals surface area contributed by atoms with Crippen molar-refractivity contribution < 1.29 is 14.7 Å². The van der Waals surface area contributed by atoms with E-state index in [-0.39, 0.29) is 11.3 Å². The van der Waals surface area contributed by atoms with E-state index in [1.165, 1.54) is 19.3 Å². The first-order valence-corrected chi connectivity index (χ1v) is 9.62. The van der Waals surface area contributed by atoms with Gasteiger partial charge in [-0.05, 0) is 74.7 Å². The molecule has 134 valence electrons. The summed E-state index contributed by atoms with van der Waals surface area (Å²) in [5.74, 6) is 1.14. The molecular weight excluding hydrogens is 314 g/mol. The van der Waals surface area contributed by atoms with Gasteiger partial charge in [-0.2, -0.15) is 0 Å². The van der Waals surface area contributed by atoms with Crippen molar-refractivity contribution in [3.63, 3.8) is 0 Å². The first kappa shape index (κ1) is 16.6. The van der Waals surface area contributed by atoms with Crippen LogP contribution in [0.4, 0.5) is 0 Å². The molecule has 4 aliphatic rings. The van der Waals surface area contributed by atoms with Crippen LogP contribution in [0.2, 0.25) is 0 Å². The van der Waals surface area contributed by atoms with Gasteiger partial charge in [0.1, 0.15) is 6.04 Å². The highest BCUT2D eigenvalue weighted by molar-refractivity contribution is 5.87. The zero-order valence-electron chi connectivity index (χ0n) is 14.6. The van der Waals surface area contributed by atoms with Gasteiger partial charge in [-0.15, -0.1) is 0 Å². The zero-order chi connectivity index (χ0) is 17.4. The number of rotatable bonds is 6. The second-order valence-electron chi connectivity index (χ2n) is 8.59. The average Bonchev–Trinajstić information content (AvgIpc) is 2.58. The molecule has 25 heavy (non-hydrogen) atoms. The highest BCUT2D eigenvalue weighted by Crippen LogP contribution is 2.60. The molecular formula is C21H27NO3. The van der Waals surface area contributed by atoms with Crippen LogP contribution in [0.1, 0.15) is 50.5 Å². The van der Waals surface area contributed by atoms with Crippen molar-refractivity contribution >= 4 is 11.9 Å².